The minimum Gasteiger partial charge on any atom is -0.372 e. The van der Waals surface area contributed by atoms with Crippen LogP contribution in [0.3, 0.4) is 0 Å². The van der Waals surface area contributed by atoms with Crippen molar-refractivity contribution in [3.63, 3.8) is 0 Å². The summed E-state index contributed by atoms with van der Waals surface area (Å²) < 4.78 is 0. The van der Waals surface area contributed by atoms with Gasteiger partial charge in [-0.05, 0) is 30.5 Å². The Morgan fingerprint density at radius 3 is 2.41 bits per heavy atom. The fraction of sp³-hybridized carbons (Fsp3) is 0.417. The minimum atomic E-state index is 0.575. The summed E-state index contributed by atoms with van der Waals surface area (Å²) in [5.74, 6) is 1.09. The molecular weight excluding hydrogens is 279 g/mol. The predicted octanol–water partition coefficient (Wildman–Crippen LogP) is 3.97. The van der Waals surface area contributed by atoms with Gasteiger partial charge >= 0.3 is 0 Å². The smallest absolute Gasteiger partial charge is 0.0964 e. The van der Waals surface area contributed by atoms with Gasteiger partial charge in [-0.3, -0.25) is 4.99 Å². The maximum atomic E-state index is 6.12. The minimum absolute atomic E-state index is 0.575. The van der Waals surface area contributed by atoms with E-state index in [9.17, 15) is 0 Å². The van der Waals surface area contributed by atoms with Crippen molar-refractivity contribution in [2.45, 2.75) is 19.3 Å². The molecule has 0 aliphatic carbocycles. The third kappa shape index (κ3) is 3.51. The van der Waals surface area contributed by atoms with Crippen molar-refractivity contribution in [2.75, 3.05) is 13.1 Å². The van der Waals surface area contributed by atoms with Crippen LogP contribution in [0.4, 0.5) is 0 Å². The molecule has 5 heteroatoms. The molecule has 92 valence electrons. The molecule has 0 amide bonds. The summed E-state index contributed by atoms with van der Waals surface area (Å²) in [4.78, 5) is 4.34. The molecule has 0 unspecified atom stereocenters. The molecule has 17 heavy (non-hydrogen) atoms. The highest BCUT2D eigenvalue weighted by Crippen LogP contribution is 2.30. The highest BCUT2D eigenvalue weighted by Gasteiger charge is 2.09. The van der Waals surface area contributed by atoms with Crippen molar-refractivity contribution in [3.8, 4) is 0 Å². The monoisotopic (exact) mass is 290 g/mol. The van der Waals surface area contributed by atoms with Gasteiger partial charge in [-0.1, -0.05) is 34.8 Å². The number of halogens is 3. The van der Waals surface area contributed by atoms with E-state index in [1.165, 1.54) is 0 Å². The van der Waals surface area contributed by atoms with E-state index in [4.69, 9.17) is 34.8 Å². The Labute approximate surface area is 116 Å². The largest absolute Gasteiger partial charge is 0.372 e. The van der Waals surface area contributed by atoms with E-state index in [-0.39, 0.29) is 0 Å². The summed E-state index contributed by atoms with van der Waals surface area (Å²) in [6.07, 6.45) is 2.76. The van der Waals surface area contributed by atoms with Gasteiger partial charge in [-0.15, -0.1) is 0 Å². The molecule has 1 aliphatic rings. The maximum absolute atomic E-state index is 6.12. The second-order valence-corrected chi connectivity index (χ2v) is 5.21. The molecular formula is C12H13Cl3N2. The first-order valence-electron chi connectivity index (χ1n) is 5.57. The van der Waals surface area contributed by atoms with Gasteiger partial charge in [0.25, 0.3) is 0 Å². The molecule has 0 spiro atoms. The van der Waals surface area contributed by atoms with Crippen LogP contribution in [-0.2, 0) is 6.42 Å². The Morgan fingerprint density at radius 1 is 1.12 bits per heavy atom. The van der Waals surface area contributed by atoms with Gasteiger partial charge in [0, 0.05) is 28.0 Å². The molecule has 1 aliphatic heterocycles. The van der Waals surface area contributed by atoms with E-state index in [0.29, 0.717) is 15.1 Å². The molecule has 1 aromatic rings. The quantitative estimate of drug-likeness (QED) is 0.892. The van der Waals surface area contributed by atoms with Gasteiger partial charge < -0.3 is 5.32 Å². The van der Waals surface area contributed by atoms with E-state index in [0.717, 1.165) is 43.8 Å². The maximum Gasteiger partial charge on any atom is 0.0964 e. The molecule has 0 saturated carbocycles. The van der Waals surface area contributed by atoms with Crippen LogP contribution in [0.5, 0.6) is 0 Å². The first-order valence-corrected chi connectivity index (χ1v) is 6.71. The number of amidine groups is 1. The summed E-state index contributed by atoms with van der Waals surface area (Å²) in [5.41, 5.74) is 0.969. The fourth-order valence-electron chi connectivity index (χ4n) is 1.86. The molecule has 0 fully saturated rings. The number of nitrogens with zero attached hydrogens (tertiary/aromatic N) is 1. The Kier molecular flexibility index (Phi) is 4.55. The topological polar surface area (TPSA) is 24.4 Å². The van der Waals surface area contributed by atoms with Gasteiger partial charge in [-0.2, -0.15) is 0 Å². The summed E-state index contributed by atoms with van der Waals surface area (Å²) in [6, 6.07) is 3.46. The highest BCUT2D eigenvalue weighted by atomic mass is 35.5. The van der Waals surface area contributed by atoms with Crippen molar-refractivity contribution in [3.05, 3.63) is 32.8 Å². The standard InChI is InChI=1S/C12H13Cl3N2/c13-8-6-10(14)9(11(15)7-8)2-1-3-12-16-4-5-17-12/h6-7H,1-5H2,(H,16,17). The third-order valence-corrected chi connectivity index (χ3v) is 3.58. The van der Waals surface area contributed by atoms with Crippen LogP contribution < -0.4 is 5.32 Å². The first kappa shape index (κ1) is 13.0. The van der Waals surface area contributed by atoms with E-state index in [2.05, 4.69) is 10.3 Å². The molecule has 2 nitrogen and oxygen atoms in total. The molecule has 1 N–H and O–H groups in total. The van der Waals surface area contributed by atoms with Crippen molar-refractivity contribution in [1.29, 1.82) is 0 Å². The SMILES string of the molecule is Clc1cc(Cl)c(CCCC2=NCCN2)c(Cl)c1. The zero-order valence-corrected chi connectivity index (χ0v) is 11.5. The van der Waals surface area contributed by atoms with E-state index in [1.54, 1.807) is 12.1 Å². The molecule has 0 radical (unpaired) electrons. The molecule has 0 saturated heterocycles. The number of aliphatic imine (C=N–C) groups is 1. The molecule has 0 bridgehead atoms. The van der Waals surface area contributed by atoms with Crippen LogP contribution in [0, 0.1) is 0 Å². The Bertz CT molecular complexity index is 420. The summed E-state index contributed by atoms with van der Waals surface area (Å²) >= 11 is 18.1. The van der Waals surface area contributed by atoms with Crippen molar-refractivity contribution in [2.24, 2.45) is 4.99 Å². The second-order valence-electron chi connectivity index (χ2n) is 3.96. The van der Waals surface area contributed by atoms with Crippen molar-refractivity contribution in [1.82, 2.24) is 5.32 Å². The molecule has 1 aromatic carbocycles. The zero-order chi connectivity index (χ0) is 12.3. The zero-order valence-electron chi connectivity index (χ0n) is 9.27. The van der Waals surface area contributed by atoms with Crippen LogP contribution >= 0.6 is 34.8 Å². The first-order chi connectivity index (χ1) is 8.16. The molecule has 1 heterocycles. The molecule has 0 atom stereocenters. The summed E-state index contributed by atoms with van der Waals surface area (Å²) in [7, 11) is 0. The Balaban J connectivity index is 1.94. The van der Waals surface area contributed by atoms with Gasteiger partial charge in [-0.25, -0.2) is 0 Å². The lowest BCUT2D eigenvalue weighted by Crippen LogP contribution is -2.18. The molecule has 2 rings (SSSR count). The molecule has 0 aromatic heterocycles. The van der Waals surface area contributed by atoms with E-state index in [1.807, 2.05) is 0 Å². The highest BCUT2D eigenvalue weighted by molar-refractivity contribution is 6.39. The van der Waals surface area contributed by atoms with Crippen LogP contribution in [0.2, 0.25) is 15.1 Å². The lowest BCUT2D eigenvalue weighted by molar-refractivity contribution is 0.845. The predicted molar refractivity (Wildman–Crippen MR) is 74.7 cm³/mol. The fourth-order valence-corrected chi connectivity index (χ4v) is 2.86. The van der Waals surface area contributed by atoms with Crippen LogP contribution in [-0.4, -0.2) is 18.9 Å². The Morgan fingerprint density at radius 2 is 1.82 bits per heavy atom. The van der Waals surface area contributed by atoms with Crippen LogP contribution in [0.1, 0.15) is 18.4 Å². The Hall–Kier alpha value is -0.440. The second kappa shape index (κ2) is 5.94. The number of rotatable bonds is 4. The average Bonchev–Trinajstić information content (AvgIpc) is 2.74. The average molecular weight is 292 g/mol. The van der Waals surface area contributed by atoms with Crippen molar-refractivity contribution >= 4 is 40.6 Å². The van der Waals surface area contributed by atoms with E-state index < -0.39 is 0 Å². The van der Waals surface area contributed by atoms with E-state index >= 15 is 0 Å². The third-order valence-electron chi connectivity index (χ3n) is 2.69. The summed E-state index contributed by atoms with van der Waals surface area (Å²) in [5, 5.41) is 5.10. The van der Waals surface area contributed by atoms with Gasteiger partial charge in [0.05, 0.1) is 12.4 Å². The normalized spacial score (nSPS) is 14.6. The lowest BCUT2D eigenvalue weighted by Gasteiger charge is -2.08. The number of hydrogen-bond acceptors (Lipinski definition) is 2. The van der Waals surface area contributed by atoms with Gasteiger partial charge in [0.1, 0.15) is 0 Å². The number of benzene rings is 1. The van der Waals surface area contributed by atoms with Crippen LogP contribution in [0.25, 0.3) is 0 Å². The van der Waals surface area contributed by atoms with Gasteiger partial charge in [0.15, 0.2) is 0 Å². The number of hydrogen-bond donors (Lipinski definition) is 1. The summed E-state index contributed by atoms with van der Waals surface area (Å²) in [6.45, 7) is 1.84. The van der Waals surface area contributed by atoms with Gasteiger partial charge in [0.2, 0.25) is 0 Å². The van der Waals surface area contributed by atoms with Crippen molar-refractivity contribution < 1.29 is 0 Å². The lowest BCUT2D eigenvalue weighted by atomic mass is 10.1. The number of nitrogens with one attached hydrogen (secondary N) is 1. The van der Waals surface area contributed by atoms with Crippen LogP contribution in [0.15, 0.2) is 17.1 Å².